The molecule has 0 fully saturated rings. The number of ketones is 1. The molecule has 19 heavy (non-hydrogen) atoms. The third-order valence-electron chi connectivity index (χ3n) is 2.75. The van der Waals surface area contributed by atoms with Crippen LogP contribution in [0, 0.1) is 0 Å². The topological polar surface area (TPSA) is 121 Å². The van der Waals surface area contributed by atoms with E-state index in [9.17, 15) is 19.8 Å². The van der Waals surface area contributed by atoms with Crippen molar-refractivity contribution >= 4 is 11.8 Å². The molecule has 0 saturated carbocycles. The van der Waals surface area contributed by atoms with Crippen molar-refractivity contribution in [1.82, 2.24) is 0 Å². The SMILES string of the molecule is NCC(O)C(O)c1ccc(C(=O)CCC(=O)O)cc1. The Morgan fingerprint density at radius 3 is 2.16 bits per heavy atom. The summed E-state index contributed by atoms with van der Waals surface area (Å²) in [6.07, 6.45) is -2.45. The second kappa shape index (κ2) is 6.98. The van der Waals surface area contributed by atoms with Crippen LogP contribution in [0.2, 0.25) is 0 Å². The second-order valence-corrected chi connectivity index (χ2v) is 4.19. The summed E-state index contributed by atoms with van der Waals surface area (Å²) < 4.78 is 0. The average molecular weight is 267 g/mol. The molecule has 2 unspecified atom stereocenters. The van der Waals surface area contributed by atoms with Crippen LogP contribution >= 0.6 is 0 Å². The lowest BCUT2D eigenvalue weighted by molar-refractivity contribution is -0.136. The van der Waals surface area contributed by atoms with Gasteiger partial charge in [0.15, 0.2) is 5.78 Å². The van der Waals surface area contributed by atoms with Crippen molar-refractivity contribution in [2.75, 3.05) is 6.54 Å². The number of Topliss-reactive ketones (excluding diaryl/α,β-unsaturated/α-hetero) is 1. The molecule has 6 nitrogen and oxygen atoms in total. The average Bonchev–Trinajstić information content (AvgIpc) is 2.43. The number of aliphatic carboxylic acids is 1. The summed E-state index contributed by atoms with van der Waals surface area (Å²) in [6, 6.07) is 6.01. The molecule has 1 rings (SSSR count). The first-order valence-electron chi connectivity index (χ1n) is 5.87. The molecular weight excluding hydrogens is 250 g/mol. The maximum Gasteiger partial charge on any atom is 0.303 e. The number of carboxylic acid groups (broad SMARTS) is 1. The first-order chi connectivity index (χ1) is 8.95. The Kier molecular flexibility index (Phi) is 5.62. The van der Waals surface area contributed by atoms with Crippen LogP contribution in [0.1, 0.15) is 34.9 Å². The van der Waals surface area contributed by atoms with Gasteiger partial charge in [-0.25, -0.2) is 0 Å². The number of aliphatic hydroxyl groups is 2. The summed E-state index contributed by atoms with van der Waals surface area (Å²) in [6.45, 7) is -0.0690. The number of aliphatic hydroxyl groups excluding tert-OH is 2. The Hall–Kier alpha value is -1.76. The van der Waals surface area contributed by atoms with Crippen molar-refractivity contribution < 1.29 is 24.9 Å². The fraction of sp³-hybridized carbons (Fsp3) is 0.385. The number of carboxylic acids is 1. The molecule has 0 bridgehead atoms. The van der Waals surface area contributed by atoms with Crippen molar-refractivity contribution in [1.29, 1.82) is 0 Å². The van der Waals surface area contributed by atoms with Crippen LogP contribution in [0.3, 0.4) is 0 Å². The largest absolute Gasteiger partial charge is 0.481 e. The highest BCUT2D eigenvalue weighted by Crippen LogP contribution is 2.17. The molecule has 0 saturated heterocycles. The normalized spacial score (nSPS) is 13.8. The molecule has 0 aliphatic rings. The number of hydrogen-bond donors (Lipinski definition) is 4. The Labute approximate surface area is 110 Å². The van der Waals surface area contributed by atoms with E-state index in [0.29, 0.717) is 11.1 Å². The van der Waals surface area contributed by atoms with E-state index < -0.39 is 18.2 Å². The van der Waals surface area contributed by atoms with Gasteiger partial charge in [0.1, 0.15) is 6.10 Å². The summed E-state index contributed by atoms with van der Waals surface area (Å²) in [4.78, 5) is 22.0. The summed E-state index contributed by atoms with van der Waals surface area (Å²) >= 11 is 0. The predicted octanol–water partition coefficient (Wildman–Crippen LogP) is 0.0871. The van der Waals surface area contributed by atoms with Crippen LogP contribution in [-0.4, -0.2) is 39.7 Å². The number of nitrogens with two attached hydrogens (primary N) is 1. The van der Waals surface area contributed by atoms with Crippen LogP contribution in [0.4, 0.5) is 0 Å². The molecule has 1 aromatic rings. The van der Waals surface area contributed by atoms with Crippen LogP contribution in [0.5, 0.6) is 0 Å². The van der Waals surface area contributed by atoms with Crippen LogP contribution in [0.25, 0.3) is 0 Å². The van der Waals surface area contributed by atoms with E-state index in [0.717, 1.165) is 0 Å². The van der Waals surface area contributed by atoms with Gasteiger partial charge < -0.3 is 21.1 Å². The van der Waals surface area contributed by atoms with Crippen LogP contribution in [-0.2, 0) is 4.79 Å². The first kappa shape index (κ1) is 15.3. The van der Waals surface area contributed by atoms with Crippen molar-refractivity contribution in [3.8, 4) is 0 Å². The summed E-state index contributed by atoms with van der Waals surface area (Å²) in [7, 11) is 0. The standard InChI is InChI=1S/C13H17NO5/c14-7-11(16)13(19)9-3-1-8(2-4-9)10(15)5-6-12(17)18/h1-4,11,13,16,19H,5-7,14H2,(H,17,18). The maximum absolute atomic E-state index is 11.6. The Balaban J connectivity index is 2.70. The van der Waals surface area contributed by atoms with Gasteiger partial charge in [-0.2, -0.15) is 0 Å². The Morgan fingerprint density at radius 2 is 1.68 bits per heavy atom. The lowest BCUT2D eigenvalue weighted by atomic mass is 10.00. The molecule has 6 heteroatoms. The molecule has 104 valence electrons. The molecule has 0 aliphatic heterocycles. The zero-order chi connectivity index (χ0) is 14.4. The highest BCUT2D eigenvalue weighted by molar-refractivity contribution is 5.97. The van der Waals surface area contributed by atoms with Crippen molar-refractivity contribution in [2.24, 2.45) is 5.73 Å². The number of carbonyl (C=O) groups excluding carboxylic acids is 1. The monoisotopic (exact) mass is 267 g/mol. The van der Waals surface area contributed by atoms with Gasteiger partial charge in [0.05, 0.1) is 12.5 Å². The minimum absolute atomic E-state index is 0.0668. The third-order valence-corrected chi connectivity index (χ3v) is 2.75. The quantitative estimate of drug-likeness (QED) is 0.519. The fourth-order valence-electron chi connectivity index (χ4n) is 1.58. The zero-order valence-electron chi connectivity index (χ0n) is 10.3. The van der Waals surface area contributed by atoms with Gasteiger partial charge >= 0.3 is 5.97 Å². The summed E-state index contributed by atoms with van der Waals surface area (Å²) in [5.74, 6) is -1.30. The molecule has 0 amide bonds. The van der Waals surface area contributed by atoms with Crippen molar-refractivity contribution in [3.05, 3.63) is 35.4 Å². The smallest absolute Gasteiger partial charge is 0.303 e. The number of benzene rings is 1. The molecule has 0 spiro atoms. The van der Waals surface area contributed by atoms with Gasteiger partial charge in [-0.05, 0) is 5.56 Å². The second-order valence-electron chi connectivity index (χ2n) is 4.19. The molecule has 0 heterocycles. The van der Waals surface area contributed by atoms with E-state index in [4.69, 9.17) is 10.8 Å². The minimum atomic E-state index is -1.10. The Morgan fingerprint density at radius 1 is 1.11 bits per heavy atom. The van der Waals surface area contributed by atoms with Crippen molar-refractivity contribution in [2.45, 2.75) is 25.0 Å². The lowest BCUT2D eigenvalue weighted by Crippen LogP contribution is -2.27. The van der Waals surface area contributed by atoms with E-state index >= 15 is 0 Å². The van der Waals surface area contributed by atoms with Gasteiger partial charge in [0, 0.05) is 18.5 Å². The van der Waals surface area contributed by atoms with E-state index in [1.807, 2.05) is 0 Å². The minimum Gasteiger partial charge on any atom is -0.481 e. The van der Waals surface area contributed by atoms with Gasteiger partial charge in [-0.15, -0.1) is 0 Å². The number of hydrogen-bond acceptors (Lipinski definition) is 5. The molecule has 2 atom stereocenters. The summed E-state index contributed by atoms with van der Waals surface area (Å²) in [5, 5.41) is 27.6. The lowest BCUT2D eigenvalue weighted by Gasteiger charge is -2.16. The number of rotatable bonds is 7. The van der Waals surface area contributed by atoms with Gasteiger partial charge in [0.2, 0.25) is 0 Å². The third kappa shape index (κ3) is 4.44. The maximum atomic E-state index is 11.6. The molecule has 1 aromatic carbocycles. The zero-order valence-corrected chi connectivity index (χ0v) is 10.3. The van der Waals surface area contributed by atoms with Gasteiger partial charge in [-0.1, -0.05) is 24.3 Å². The highest BCUT2D eigenvalue weighted by Gasteiger charge is 2.17. The van der Waals surface area contributed by atoms with Crippen LogP contribution < -0.4 is 5.73 Å². The van der Waals surface area contributed by atoms with E-state index in [1.165, 1.54) is 24.3 Å². The molecule has 0 aromatic heterocycles. The number of carbonyl (C=O) groups is 2. The van der Waals surface area contributed by atoms with Crippen molar-refractivity contribution in [3.63, 3.8) is 0 Å². The fourth-order valence-corrected chi connectivity index (χ4v) is 1.58. The molecular formula is C13H17NO5. The Bertz CT molecular complexity index is 443. The molecule has 0 radical (unpaired) electrons. The first-order valence-corrected chi connectivity index (χ1v) is 5.87. The van der Waals surface area contributed by atoms with E-state index in [1.54, 1.807) is 0 Å². The molecule has 5 N–H and O–H groups in total. The van der Waals surface area contributed by atoms with Crippen LogP contribution in [0.15, 0.2) is 24.3 Å². The van der Waals surface area contributed by atoms with Gasteiger partial charge in [0.25, 0.3) is 0 Å². The van der Waals surface area contributed by atoms with Gasteiger partial charge in [-0.3, -0.25) is 9.59 Å². The highest BCUT2D eigenvalue weighted by atomic mass is 16.4. The predicted molar refractivity (Wildman–Crippen MR) is 67.7 cm³/mol. The van der Waals surface area contributed by atoms with E-state index in [2.05, 4.69) is 0 Å². The summed E-state index contributed by atoms with van der Waals surface area (Å²) in [5.41, 5.74) is 6.06. The van der Waals surface area contributed by atoms with E-state index in [-0.39, 0.29) is 25.2 Å². The molecule has 0 aliphatic carbocycles.